The van der Waals surface area contributed by atoms with Crippen LogP contribution in [-0.2, 0) is 6.42 Å². The summed E-state index contributed by atoms with van der Waals surface area (Å²) < 4.78 is 1.57. The number of aryl methyl sites for hydroxylation is 2. The minimum Gasteiger partial charge on any atom is -0.294 e. The molecule has 1 aromatic heterocycles. The van der Waals surface area contributed by atoms with E-state index in [2.05, 4.69) is 0 Å². The van der Waals surface area contributed by atoms with E-state index < -0.39 is 0 Å². The third kappa shape index (κ3) is 3.05. The number of nitrogens with zero attached hydrogens (tertiary/aromatic N) is 2. The van der Waals surface area contributed by atoms with E-state index in [0.717, 1.165) is 16.7 Å². The van der Waals surface area contributed by atoms with Gasteiger partial charge in [-0.05, 0) is 61.1 Å². The van der Waals surface area contributed by atoms with E-state index in [1.165, 1.54) is 6.07 Å². The van der Waals surface area contributed by atoms with Gasteiger partial charge in [-0.3, -0.25) is 14.2 Å². The van der Waals surface area contributed by atoms with Crippen LogP contribution in [-0.4, -0.2) is 10.4 Å². The Morgan fingerprint density at radius 2 is 1.64 bits per heavy atom. The van der Waals surface area contributed by atoms with Crippen molar-refractivity contribution in [2.45, 2.75) is 32.6 Å². The maximum atomic E-state index is 13.1. The number of ketones is 1. The van der Waals surface area contributed by atoms with Crippen LogP contribution < -0.4 is 5.56 Å². The molecule has 1 atom stereocenters. The molecule has 0 saturated heterocycles. The molecule has 0 N–H and O–H groups in total. The number of pyridine rings is 1. The fourth-order valence-corrected chi connectivity index (χ4v) is 4.13. The summed E-state index contributed by atoms with van der Waals surface area (Å²) in [6, 6.07) is 19.2. The van der Waals surface area contributed by atoms with Gasteiger partial charge in [0.25, 0.3) is 5.56 Å². The Balaban J connectivity index is 1.97. The van der Waals surface area contributed by atoms with Crippen molar-refractivity contribution in [3.63, 3.8) is 0 Å². The highest BCUT2D eigenvalue weighted by atomic mass is 16.1. The summed E-state index contributed by atoms with van der Waals surface area (Å²) in [6.07, 6.45) is 0.964. The molecule has 0 spiro atoms. The van der Waals surface area contributed by atoms with Crippen LogP contribution in [0, 0.1) is 25.2 Å². The fraction of sp³-hybridized carbons (Fsp3) is 0.208. The highest BCUT2D eigenvalue weighted by Gasteiger charge is 2.30. The van der Waals surface area contributed by atoms with Crippen molar-refractivity contribution < 1.29 is 4.79 Å². The standard InChI is InChI=1S/C24H20N2O2/c1-15-8-16(2)10-20(9-15)26-22-12-18(17-6-4-3-5-7-17)13-23(27)21(22)11-19(14-25)24(26)28/h3-11,18H,12-13H2,1-2H3/t18-/m0/s1. The average molecular weight is 368 g/mol. The van der Waals surface area contributed by atoms with E-state index in [1.807, 2.05) is 68.4 Å². The van der Waals surface area contributed by atoms with Crippen molar-refractivity contribution in [3.05, 3.63) is 98.5 Å². The molecule has 0 bridgehead atoms. The van der Waals surface area contributed by atoms with Crippen molar-refractivity contribution in [3.8, 4) is 11.8 Å². The zero-order valence-corrected chi connectivity index (χ0v) is 15.9. The fourth-order valence-electron chi connectivity index (χ4n) is 4.13. The van der Waals surface area contributed by atoms with Gasteiger partial charge in [0.1, 0.15) is 11.6 Å². The molecule has 2 aromatic carbocycles. The number of Topliss-reactive ketones (excluding diaryl/α,β-unsaturated/α-hetero) is 1. The third-order valence-corrected chi connectivity index (χ3v) is 5.33. The van der Waals surface area contributed by atoms with Crippen LogP contribution in [0.5, 0.6) is 0 Å². The average Bonchev–Trinajstić information content (AvgIpc) is 2.67. The maximum Gasteiger partial charge on any atom is 0.273 e. The number of nitriles is 1. The molecule has 0 unspecified atom stereocenters. The predicted octanol–water partition coefficient (Wildman–Crippen LogP) is 4.24. The van der Waals surface area contributed by atoms with Crippen molar-refractivity contribution in [2.24, 2.45) is 0 Å². The van der Waals surface area contributed by atoms with Crippen LogP contribution in [0.15, 0.2) is 59.4 Å². The first-order chi connectivity index (χ1) is 13.5. The number of hydrogen-bond donors (Lipinski definition) is 0. The molecule has 0 fully saturated rings. The Labute approximate surface area is 163 Å². The van der Waals surface area contributed by atoms with Crippen molar-refractivity contribution in [1.82, 2.24) is 4.57 Å². The van der Waals surface area contributed by atoms with Gasteiger partial charge in [-0.15, -0.1) is 0 Å². The summed E-state index contributed by atoms with van der Waals surface area (Å²) in [4.78, 5) is 26.0. The molecule has 4 heteroatoms. The zero-order chi connectivity index (χ0) is 19.8. The second kappa shape index (κ2) is 6.94. The van der Waals surface area contributed by atoms with Crippen LogP contribution in [0.2, 0.25) is 0 Å². The molecule has 1 aliphatic carbocycles. The van der Waals surface area contributed by atoms with Gasteiger partial charge in [-0.25, -0.2) is 0 Å². The number of carbonyl (C=O) groups is 1. The Hall–Kier alpha value is -3.45. The number of carbonyl (C=O) groups excluding carboxylic acids is 1. The monoisotopic (exact) mass is 368 g/mol. The lowest BCUT2D eigenvalue weighted by molar-refractivity contribution is 0.0962. The SMILES string of the molecule is Cc1cc(C)cc(-n2c3c(cc(C#N)c2=O)C(=O)C[C@@H](c2ccccc2)C3)c1. The maximum absolute atomic E-state index is 13.1. The highest BCUT2D eigenvalue weighted by Crippen LogP contribution is 2.33. The molecule has 1 aliphatic rings. The first-order valence-corrected chi connectivity index (χ1v) is 9.34. The van der Waals surface area contributed by atoms with E-state index in [0.29, 0.717) is 29.8 Å². The van der Waals surface area contributed by atoms with Crippen LogP contribution in [0.4, 0.5) is 0 Å². The molecule has 1 heterocycles. The first-order valence-electron chi connectivity index (χ1n) is 9.34. The van der Waals surface area contributed by atoms with E-state index >= 15 is 0 Å². The van der Waals surface area contributed by atoms with E-state index in [9.17, 15) is 14.9 Å². The number of fused-ring (bicyclic) bond motifs is 1. The first kappa shape index (κ1) is 17.9. The van der Waals surface area contributed by atoms with Crippen LogP contribution in [0.1, 0.15) is 50.6 Å². The topological polar surface area (TPSA) is 62.9 Å². The Bertz CT molecular complexity index is 1160. The summed E-state index contributed by atoms with van der Waals surface area (Å²) in [7, 11) is 0. The molecule has 0 radical (unpaired) electrons. The lowest BCUT2D eigenvalue weighted by atomic mass is 9.81. The molecule has 3 aromatic rings. The lowest BCUT2D eigenvalue weighted by Crippen LogP contribution is -2.31. The minimum atomic E-state index is -0.368. The zero-order valence-electron chi connectivity index (χ0n) is 15.9. The normalized spacial score (nSPS) is 15.8. The Morgan fingerprint density at radius 3 is 2.29 bits per heavy atom. The second-order valence-electron chi connectivity index (χ2n) is 7.46. The van der Waals surface area contributed by atoms with E-state index in [1.54, 1.807) is 4.57 Å². The van der Waals surface area contributed by atoms with E-state index in [4.69, 9.17) is 0 Å². The minimum absolute atomic E-state index is 0.00409. The van der Waals surface area contributed by atoms with Gasteiger partial charge in [-0.2, -0.15) is 5.26 Å². The Morgan fingerprint density at radius 1 is 0.964 bits per heavy atom. The second-order valence-corrected chi connectivity index (χ2v) is 7.46. The molecular formula is C24H20N2O2. The summed E-state index contributed by atoms with van der Waals surface area (Å²) in [5.41, 5.74) is 4.67. The van der Waals surface area contributed by atoms with Crippen LogP contribution >= 0.6 is 0 Å². The summed E-state index contributed by atoms with van der Waals surface area (Å²) in [5, 5.41) is 9.44. The van der Waals surface area contributed by atoms with Crippen LogP contribution in [0.25, 0.3) is 5.69 Å². The quantitative estimate of drug-likeness (QED) is 0.680. The largest absolute Gasteiger partial charge is 0.294 e. The van der Waals surface area contributed by atoms with Gasteiger partial charge < -0.3 is 0 Å². The van der Waals surface area contributed by atoms with Gasteiger partial charge in [-0.1, -0.05) is 36.4 Å². The predicted molar refractivity (Wildman–Crippen MR) is 108 cm³/mol. The smallest absolute Gasteiger partial charge is 0.273 e. The highest BCUT2D eigenvalue weighted by molar-refractivity contribution is 5.99. The van der Waals surface area contributed by atoms with Gasteiger partial charge in [0.2, 0.25) is 0 Å². The number of aromatic nitrogens is 1. The molecule has 138 valence electrons. The molecule has 0 saturated carbocycles. The van der Waals surface area contributed by atoms with Gasteiger partial charge in [0.05, 0.1) is 0 Å². The summed E-state index contributed by atoms with van der Waals surface area (Å²) >= 11 is 0. The number of benzene rings is 2. The van der Waals surface area contributed by atoms with Crippen molar-refractivity contribution in [1.29, 1.82) is 5.26 Å². The van der Waals surface area contributed by atoms with Gasteiger partial charge in [0, 0.05) is 23.4 Å². The molecule has 0 aliphatic heterocycles. The van der Waals surface area contributed by atoms with Gasteiger partial charge >= 0.3 is 0 Å². The Kier molecular flexibility index (Phi) is 4.44. The molecule has 4 rings (SSSR count). The van der Waals surface area contributed by atoms with Crippen molar-refractivity contribution in [2.75, 3.05) is 0 Å². The van der Waals surface area contributed by atoms with E-state index in [-0.39, 0.29) is 22.8 Å². The lowest BCUT2D eigenvalue weighted by Gasteiger charge is -2.27. The molecule has 0 amide bonds. The third-order valence-electron chi connectivity index (χ3n) is 5.33. The van der Waals surface area contributed by atoms with Gasteiger partial charge in [0.15, 0.2) is 5.78 Å². The molecule has 28 heavy (non-hydrogen) atoms. The number of rotatable bonds is 2. The number of hydrogen-bond acceptors (Lipinski definition) is 3. The molecule has 4 nitrogen and oxygen atoms in total. The summed E-state index contributed by atoms with van der Waals surface area (Å²) in [6.45, 7) is 3.94. The van der Waals surface area contributed by atoms with Crippen LogP contribution in [0.3, 0.4) is 0 Å². The van der Waals surface area contributed by atoms with Crippen molar-refractivity contribution >= 4 is 5.78 Å². The molecular weight excluding hydrogens is 348 g/mol. The summed E-state index contributed by atoms with van der Waals surface area (Å²) in [5.74, 6) is -0.00424.